The summed E-state index contributed by atoms with van der Waals surface area (Å²) in [5.41, 5.74) is 0.146. The van der Waals surface area contributed by atoms with Crippen LogP contribution >= 0.6 is 11.3 Å². The van der Waals surface area contributed by atoms with Gasteiger partial charge >= 0.3 is 33.8 Å². The molecule has 2 unspecified atom stereocenters. The molecule has 0 saturated carbocycles. The number of likely N-dealkylation sites (tertiary alicyclic amines) is 1. The van der Waals surface area contributed by atoms with E-state index in [1.165, 1.54) is 5.38 Å². The van der Waals surface area contributed by atoms with Gasteiger partial charge in [0.15, 0.2) is 22.4 Å². The first-order chi connectivity index (χ1) is 23.5. The predicted octanol–water partition coefficient (Wildman–Crippen LogP) is -2.09. The molecule has 3 atom stereocenters. The minimum atomic E-state index is -4.65. The number of allylic oxidation sites excluding steroid dienone is 1. The number of carboxylic acids is 2. The molecule has 0 spiro atoms. The Morgan fingerprint density at radius 2 is 1.84 bits per heavy atom. The average Bonchev–Trinajstić information content (AvgIpc) is 3.79. The van der Waals surface area contributed by atoms with Gasteiger partial charge < -0.3 is 46.0 Å². The summed E-state index contributed by atoms with van der Waals surface area (Å²) in [5.74, 6) is -8.43. The van der Waals surface area contributed by atoms with Crippen molar-refractivity contribution in [2.45, 2.75) is 42.7 Å². The SMILES string of the molecule is CN1CCC(O/N=C(\C(=O)N[C@H]2CON(C3(C(=O)O)CC(N4C=C5C=C(O)C(O)=CN5S4(=O)=O)C(=O)O3)C2=O)c2csc(N)n2)(C(=O)O)CC1. The zero-order valence-corrected chi connectivity index (χ0v) is 27.3. The summed E-state index contributed by atoms with van der Waals surface area (Å²) in [6.07, 6.45) is 1.52. The Labute approximate surface area is 285 Å². The summed E-state index contributed by atoms with van der Waals surface area (Å²) >= 11 is 0.927. The van der Waals surface area contributed by atoms with Crippen molar-refractivity contribution in [1.29, 1.82) is 0 Å². The Morgan fingerprint density at radius 3 is 2.46 bits per heavy atom. The third kappa shape index (κ3) is 5.60. The van der Waals surface area contributed by atoms with Crippen molar-refractivity contribution in [3.8, 4) is 0 Å². The number of thiazole rings is 1. The van der Waals surface area contributed by atoms with Crippen LogP contribution in [0.2, 0.25) is 0 Å². The lowest BCUT2D eigenvalue weighted by molar-refractivity contribution is -0.256. The molecule has 268 valence electrons. The normalized spacial score (nSPS) is 27.7. The maximum atomic E-state index is 13.5. The number of piperidine rings is 1. The molecule has 2 amide bonds. The second-order valence-electron chi connectivity index (χ2n) is 11.6. The number of hydrogen-bond donors (Lipinski definition) is 6. The van der Waals surface area contributed by atoms with Crippen LogP contribution in [-0.4, -0.2) is 138 Å². The number of nitrogens with zero attached hydrogens (tertiary/aromatic N) is 6. The topological polar surface area (TPSA) is 304 Å². The number of aliphatic carboxylic acids is 2. The first-order valence-electron chi connectivity index (χ1n) is 14.5. The van der Waals surface area contributed by atoms with Crippen LogP contribution in [0.1, 0.15) is 25.0 Å². The van der Waals surface area contributed by atoms with E-state index in [1.54, 1.807) is 7.05 Å². The zero-order chi connectivity index (χ0) is 36.3. The third-order valence-corrected chi connectivity index (χ3v) is 10.8. The Morgan fingerprint density at radius 1 is 1.14 bits per heavy atom. The van der Waals surface area contributed by atoms with Crippen LogP contribution in [0.15, 0.2) is 46.2 Å². The molecule has 7 N–H and O–H groups in total. The van der Waals surface area contributed by atoms with Gasteiger partial charge in [0, 0.05) is 43.6 Å². The number of fused-ring (bicyclic) bond motifs is 1. The molecule has 1 aromatic heterocycles. The van der Waals surface area contributed by atoms with E-state index in [4.69, 9.17) is 20.1 Å². The molecule has 1 aromatic rings. The molecule has 50 heavy (non-hydrogen) atoms. The molecule has 24 heteroatoms. The Balaban J connectivity index is 1.22. The standard InChI is InChI=1S/C26H28N8O14S2/c1-31-4-2-25(3-5-31,22(40)41)48-30-18(14-11-49-24(27)29-14)19(37)28-13-10-46-34(20(13)38)26(23(42)43)7-15(21(39)47-26)33-8-12-6-16(35)17(36)9-32(12)50(33,44)45/h6,8-9,11,13,15,35-36H,2-5,7,10H2,1H3,(H2,27,29)(H,28,37)(H,40,41)(H,42,43)/b30-18-/t13-,15?,26?/m0/s1. The van der Waals surface area contributed by atoms with Crippen LogP contribution in [0.25, 0.3) is 0 Å². The van der Waals surface area contributed by atoms with Gasteiger partial charge in [-0.25, -0.2) is 28.0 Å². The van der Waals surface area contributed by atoms with Gasteiger partial charge in [0.1, 0.15) is 24.4 Å². The molecule has 0 aliphatic carbocycles. The first kappa shape index (κ1) is 34.4. The number of nitrogens with two attached hydrogens (primary N) is 1. The molecular weight excluding hydrogens is 712 g/mol. The van der Waals surface area contributed by atoms with Crippen molar-refractivity contribution in [3.63, 3.8) is 0 Å². The smallest absolute Gasteiger partial charge is 0.372 e. The number of hydrogen-bond acceptors (Lipinski definition) is 17. The number of carbonyl (C=O) groups is 5. The second-order valence-corrected chi connectivity index (χ2v) is 14.2. The number of amides is 2. The molecule has 0 aromatic carbocycles. The Kier molecular flexibility index (Phi) is 8.36. The maximum Gasteiger partial charge on any atom is 0.372 e. The number of anilines is 1. The van der Waals surface area contributed by atoms with E-state index < -0.39 is 93.6 Å². The number of carboxylic acid groups (broad SMARTS) is 2. The quantitative estimate of drug-likeness (QED) is 0.0898. The van der Waals surface area contributed by atoms with Crippen molar-refractivity contribution in [1.82, 2.24) is 28.9 Å². The molecule has 5 aliphatic rings. The van der Waals surface area contributed by atoms with Crippen molar-refractivity contribution in [2.75, 3.05) is 32.5 Å². The van der Waals surface area contributed by atoms with Gasteiger partial charge in [0.05, 0.1) is 18.3 Å². The number of esters is 1. The fourth-order valence-electron chi connectivity index (χ4n) is 5.63. The van der Waals surface area contributed by atoms with E-state index in [9.17, 15) is 52.8 Å². The maximum absolute atomic E-state index is 13.5. The number of hydroxylamine groups is 2. The highest BCUT2D eigenvalue weighted by Crippen LogP contribution is 2.41. The fraction of sp³-hybridized carbons (Fsp3) is 0.423. The van der Waals surface area contributed by atoms with Crippen LogP contribution in [-0.2, 0) is 48.6 Å². The number of rotatable bonds is 9. The molecule has 0 bridgehead atoms. The van der Waals surface area contributed by atoms with Crippen LogP contribution in [0.4, 0.5) is 5.13 Å². The van der Waals surface area contributed by atoms with Gasteiger partial charge in [0.2, 0.25) is 5.60 Å². The molecule has 6 rings (SSSR count). The van der Waals surface area contributed by atoms with Crippen molar-refractivity contribution in [3.05, 3.63) is 46.8 Å². The largest absolute Gasteiger partial charge is 0.504 e. The second kappa shape index (κ2) is 12.1. The third-order valence-electron chi connectivity index (χ3n) is 8.45. The highest BCUT2D eigenvalue weighted by atomic mass is 32.2. The van der Waals surface area contributed by atoms with Gasteiger partial charge in [0.25, 0.3) is 11.8 Å². The summed E-state index contributed by atoms with van der Waals surface area (Å²) in [6.45, 7) is 0.0247. The Hall–Kier alpha value is -5.46. The number of nitrogen functional groups attached to an aromatic ring is 1. The number of aromatic nitrogens is 1. The molecule has 6 heterocycles. The van der Waals surface area contributed by atoms with Gasteiger partial charge in [-0.15, -0.1) is 11.3 Å². The number of nitrogens with one attached hydrogen (secondary N) is 1. The van der Waals surface area contributed by atoms with E-state index in [-0.39, 0.29) is 34.4 Å². The summed E-state index contributed by atoms with van der Waals surface area (Å²) in [6, 6.07) is -3.49. The number of aliphatic hydroxyl groups excluding tert-OH is 2. The molecule has 5 aliphatic heterocycles. The number of carbonyl (C=O) groups excluding carboxylic acids is 3. The minimum absolute atomic E-state index is 0.0209. The van der Waals surface area contributed by atoms with Gasteiger partial charge in [-0.1, -0.05) is 5.16 Å². The Bertz CT molecular complexity index is 1920. The van der Waals surface area contributed by atoms with E-state index in [1.807, 2.05) is 4.90 Å². The molecule has 3 saturated heterocycles. The minimum Gasteiger partial charge on any atom is -0.504 e. The number of oxime groups is 1. The van der Waals surface area contributed by atoms with Crippen LogP contribution in [0.5, 0.6) is 0 Å². The highest BCUT2D eigenvalue weighted by Gasteiger charge is 2.65. The van der Waals surface area contributed by atoms with Gasteiger partial charge in [-0.2, -0.15) is 13.5 Å². The van der Waals surface area contributed by atoms with E-state index >= 15 is 0 Å². The number of aliphatic hydroxyl groups is 2. The lowest BCUT2D eigenvalue weighted by atomic mass is 9.92. The first-order valence-corrected chi connectivity index (χ1v) is 16.8. The predicted molar refractivity (Wildman–Crippen MR) is 163 cm³/mol. The van der Waals surface area contributed by atoms with Crippen molar-refractivity contribution >= 4 is 62.1 Å². The molecular formula is C26H28N8O14S2. The van der Waals surface area contributed by atoms with Crippen molar-refractivity contribution < 1.29 is 67.2 Å². The van der Waals surface area contributed by atoms with Crippen LogP contribution in [0, 0.1) is 0 Å². The summed E-state index contributed by atoms with van der Waals surface area (Å²) < 4.78 is 32.5. The monoisotopic (exact) mass is 740 g/mol. The lowest BCUT2D eigenvalue weighted by Gasteiger charge is -2.35. The van der Waals surface area contributed by atoms with Gasteiger partial charge in [-0.3, -0.25) is 14.4 Å². The molecule has 22 nitrogen and oxygen atoms in total. The molecule has 0 radical (unpaired) electrons. The average molecular weight is 741 g/mol. The summed E-state index contributed by atoms with van der Waals surface area (Å²) in [5, 5.41) is 47.4. The number of cyclic esters (lactones) is 1. The van der Waals surface area contributed by atoms with E-state index in [2.05, 4.69) is 15.5 Å². The number of ether oxygens (including phenoxy) is 1. The van der Waals surface area contributed by atoms with Crippen LogP contribution in [0.3, 0.4) is 0 Å². The summed E-state index contributed by atoms with van der Waals surface area (Å²) in [4.78, 5) is 81.5. The van der Waals surface area contributed by atoms with Gasteiger partial charge in [-0.05, 0) is 7.05 Å². The fourth-order valence-corrected chi connectivity index (χ4v) is 7.70. The molecule has 3 fully saturated rings. The summed E-state index contributed by atoms with van der Waals surface area (Å²) in [7, 11) is -2.86. The van der Waals surface area contributed by atoms with Crippen LogP contribution < -0.4 is 11.1 Å². The van der Waals surface area contributed by atoms with E-state index in [0.717, 1.165) is 23.6 Å². The van der Waals surface area contributed by atoms with E-state index in [0.29, 0.717) is 27.9 Å². The van der Waals surface area contributed by atoms with Crippen molar-refractivity contribution in [2.24, 2.45) is 5.16 Å². The zero-order valence-electron chi connectivity index (χ0n) is 25.7. The highest BCUT2D eigenvalue weighted by molar-refractivity contribution is 7.87. The lowest BCUT2D eigenvalue weighted by Crippen LogP contribution is -2.57.